The molecule has 2 aromatic rings. The Morgan fingerprint density at radius 1 is 0.754 bits per heavy atom. The molecule has 4 saturated heterocycles. The Morgan fingerprint density at radius 3 is 1.81 bits per heavy atom. The van der Waals surface area contributed by atoms with E-state index >= 15 is 0 Å². The van der Waals surface area contributed by atoms with Crippen LogP contribution in [0.4, 0.5) is 8.78 Å². The second kappa shape index (κ2) is 23.1. The van der Waals surface area contributed by atoms with Crippen LogP contribution in [0.1, 0.15) is 37.0 Å². The SMILES string of the molecule is CC1(C)C(=O)OC1C(=O)C1CC(F)(F)CN1C(=O)CNC(=O)c1ccnc2ccc(OCCCN3CCN(C(=O)CN4CCN(CC(=O)O)CCN(CC(=O)O)CCN(CC(=O)O)CC4)CC3)cc12. The van der Waals surface area contributed by atoms with Crippen LogP contribution in [0.5, 0.6) is 5.75 Å². The van der Waals surface area contributed by atoms with Gasteiger partial charge in [0.05, 0.1) is 57.0 Å². The molecule has 0 spiro atoms. The summed E-state index contributed by atoms with van der Waals surface area (Å²) in [6.45, 7) is 6.15. The molecule has 6 rings (SSSR count). The fourth-order valence-corrected chi connectivity index (χ4v) is 8.92. The van der Waals surface area contributed by atoms with Crippen LogP contribution < -0.4 is 10.1 Å². The molecule has 69 heavy (non-hydrogen) atoms. The molecule has 2 atom stereocenters. The first-order valence-corrected chi connectivity index (χ1v) is 23.0. The quantitative estimate of drug-likeness (QED) is 0.104. The number of piperazine rings is 1. The van der Waals surface area contributed by atoms with E-state index in [0.29, 0.717) is 88.6 Å². The summed E-state index contributed by atoms with van der Waals surface area (Å²) < 4.78 is 40.1. The molecule has 1 aromatic carbocycles. The van der Waals surface area contributed by atoms with Crippen molar-refractivity contribution in [2.75, 3.05) is 131 Å². The number of carbonyl (C=O) groups excluding carboxylic acids is 5. The third-order valence-corrected chi connectivity index (χ3v) is 12.9. The number of ether oxygens (including phenoxy) is 2. The van der Waals surface area contributed by atoms with Crippen LogP contribution in [0.2, 0.25) is 0 Å². The van der Waals surface area contributed by atoms with E-state index in [1.165, 1.54) is 26.1 Å². The van der Waals surface area contributed by atoms with Crippen molar-refractivity contribution < 1.29 is 71.9 Å². The molecule has 4 fully saturated rings. The Kier molecular flexibility index (Phi) is 17.6. The van der Waals surface area contributed by atoms with Crippen molar-refractivity contribution in [3.05, 3.63) is 36.0 Å². The number of halogens is 2. The number of nitrogens with one attached hydrogen (secondary N) is 1. The molecule has 24 heteroatoms. The highest BCUT2D eigenvalue weighted by atomic mass is 19.3. The van der Waals surface area contributed by atoms with Gasteiger partial charge in [-0.3, -0.25) is 67.8 Å². The van der Waals surface area contributed by atoms with Gasteiger partial charge >= 0.3 is 23.9 Å². The van der Waals surface area contributed by atoms with Crippen LogP contribution in [-0.4, -0.2) is 251 Å². The Bertz CT molecular complexity index is 2210. The summed E-state index contributed by atoms with van der Waals surface area (Å²) in [6.07, 6.45) is -0.139. The molecule has 4 aliphatic rings. The van der Waals surface area contributed by atoms with E-state index in [9.17, 15) is 62.5 Å². The number of hydrogen-bond donors (Lipinski definition) is 4. The lowest BCUT2D eigenvalue weighted by molar-refractivity contribution is -0.203. The minimum absolute atomic E-state index is 0.0619. The van der Waals surface area contributed by atoms with E-state index < -0.39 is 84.5 Å². The van der Waals surface area contributed by atoms with Gasteiger partial charge in [-0.05, 0) is 44.5 Å². The molecule has 0 aliphatic carbocycles. The van der Waals surface area contributed by atoms with Gasteiger partial charge in [-0.25, -0.2) is 8.78 Å². The summed E-state index contributed by atoms with van der Waals surface area (Å²) in [5, 5.41) is 31.3. The predicted molar refractivity (Wildman–Crippen MR) is 240 cm³/mol. The highest BCUT2D eigenvalue weighted by molar-refractivity contribution is 6.07. The number of hydrogen-bond acceptors (Lipinski definition) is 16. The average molecular weight is 974 g/mol. The Labute approximate surface area is 397 Å². The van der Waals surface area contributed by atoms with Crippen molar-refractivity contribution in [3.63, 3.8) is 0 Å². The maximum atomic E-state index is 14.5. The van der Waals surface area contributed by atoms with Gasteiger partial charge in [0.2, 0.25) is 11.8 Å². The maximum absolute atomic E-state index is 14.5. The number of ketones is 1. The highest BCUT2D eigenvalue weighted by Crippen LogP contribution is 2.41. The van der Waals surface area contributed by atoms with Crippen molar-refractivity contribution in [1.29, 1.82) is 0 Å². The summed E-state index contributed by atoms with van der Waals surface area (Å²) in [7, 11) is 0. The van der Waals surface area contributed by atoms with E-state index in [0.717, 1.165) is 4.90 Å². The number of aliphatic carboxylic acids is 3. The largest absolute Gasteiger partial charge is 0.494 e. The average Bonchev–Trinajstić information content (AvgIpc) is 3.63. The van der Waals surface area contributed by atoms with Gasteiger partial charge in [0, 0.05) is 103 Å². The number of cyclic esters (lactones) is 1. The first kappa shape index (κ1) is 52.4. The third-order valence-electron chi connectivity index (χ3n) is 12.9. The summed E-state index contributed by atoms with van der Waals surface area (Å²) in [6, 6.07) is 4.95. The standard InChI is InChI=1S/C45H61F2N9O13/c1-44(2)41(69-43(44)67)40(65)34-23-45(46,47)29-56(34)35(57)24-49-42(66)31-6-7-48-33-5-4-30(22-32(31)33)68-21-3-8-50-17-19-55(20-18-50)36(58)25-51-9-11-52(26-37(59)60)13-15-54(28-39(63)64)16-14-53(12-10-51)27-38(61)62/h4-7,22,34,41H,3,8-21,23-29H2,1-2H3,(H,49,66)(H,59,60)(H,61,62)(H,63,64). The van der Waals surface area contributed by atoms with Crippen LogP contribution in [0.15, 0.2) is 30.5 Å². The van der Waals surface area contributed by atoms with Crippen molar-refractivity contribution in [1.82, 2.24) is 44.6 Å². The van der Waals surface area contributed by atoms with Crippen LogP contribution in [0, 0.1) is 5.41 Å². The Morgan fingerprint density at radius 2 is 1.29 bits per heavy atom. The number of rotatable bonds is 18. The third kappa shape index (κ3) is 14.3. The molecule has 0 bridgehead atoms. The number of likely N-dealkylation sites (tertiary alicyclic amines) is 1. The van der Waals surface area contributed by atoms with Gasteiger partial charge in [-0.15, -0.1) is 0 Å². The summed E-state index contributed by atoms with van der Waals surface area (Å²) >= 11 is 0. The lowest BCUT2D eigenvalue weighted by atomic mass is 9.77. The number of carboxylic acid groups (broad SMARTS) is 3. The number of amides is 3. The maximum Gasteiger partial charge on any atom is 0.317 e. The Balaban J connectivity index is 0.961. The first-order chi connectivity index (χ1) is 32.7. The van der Waals surface area contributed by atoms with Crippen LogP contribution in [-0.2, 0) is 38.3 Å². The molecule has 1 aromatic heterocycles. The highest BCUT2D eigenvalue weighted by Gasteiger charge is 2.60. The number of benzene rings is 1. The molecule has 0 saturated carbocycles. The number of carboxylic acids is 3. The van der Waals surface area contributed by atoms with Gasteiger partial charge < -0.3 is 39.9 Å². The number of pyridine rings is 1. The van der Waals surface area contributed by atoms with E-state index in [4.69, 9.17) is 9.47 Å². The zero-order valence-corrected chi connectivity index (χ0v) is 38.9. The van der Waals surface area contributed by atoms with Crippen molar-refractivity contribution in [3.8, 4) is 5.75 Å². The van der Waals surface area contributed by atoms with Crippen molar-refractivity contribution >= 4 is 58.3 Å². The van der Waals surface area contributed by atoms with Crippen molar-refractivity contribution in [2.24, 2.45) is 5.41 Å². The molecular formula is C45H61F2N9O13. The molecule has 3 amide bonds. The number of carbonyl (C=O) groups is 8. The molecule has 4 aliphatic heterocycles. The van der Waals surface area contributed by atoms with E-state index in [2.05, 4.69) is 15.2 Å². The molecule has 2 unspecified atom stereocenters. The minimum atomic E-state index is -3.35. The van der Waals surface area contributed by atoms with Crippen LogP contribution in [0.3, 0.4) is 0 Å². The number of nitrogens with zero attached hydrogens (tertiary/aromatic N) is 8. The smallest absolute Gasteiger partial charge is 0.317 e. The summed E-state index contributed by atoms with van der Waals surface area (Å²) in [4.78, 5) is 116. The first-order valence-electron chi connectivity index (χ1n) is 23.0. The van der Waals surface area contributed by atoms with Crippen LogP contribution in [0.25, 0.3) is 10.9 Å². The number of aromatic nitrogens is 1. The Hall–Kier alpha value is -5.95. The van der Waals surface area contributed by atoms with E-state index in [1.54, 1.807) is 37.8 Å². The second-order valence-corrected chi connectivity index (χ2v) is 18.4. The monoisotopic (exact) mass is 973 g/mol. The zero-order chi connectivity index (χ0) is 50.0. The topological polar surface area (TPSA) is 263 Å². The summed E-state index contributed by atoms with van der Waals surface area (Å²) in [5.74, 6) is -9.11. The molecule has 4 N–H and O–H groups in total. The normalized spacial score (nSPS) is 22.2. The van der Waals surface area contributed by atoms with E-state index in [1.807, 2.05) is 4.90 Å². The van der Waals surface area contributed by atoms with Gasteiger partial charge in [0.1, 0.15) is 17.2 Å². The number of esters is 1. The second-order valence-electron chi connectivity index (χ2n) is 18.4. The van der Waals surface area contributed by atoms with Gasteiger partial charge in [-0.2, -0.15) is 0 Å². The molecular weight excluding hydrogens is 913 g/mol. The molecule has 378 valence electrons. The molecule has 5 heterocycles. The van der Waals surface area contributed by atoms with Crippen molar-refractivity contribution in [2.45, 2.75) is 44.8 Å². The van der Waals surface area contributed by atoms with Crippen LogP contribution >= 0.6 is 0 Å². The lowest BCUT2D eigenvalue weighted by Gasteiger charge is -2.42. The zero-order valence-electron chi connectivity index (χ0n) is 38.9. The minimum Gasteiger partial charge on any atom is -0.494 e. The molecule has 22 nitrogen and oxygen atoms in total. The summed E-state index contributed by atoms with van der Waals surface area (Å²) in [5.41, 5.74) is -0.593. The predicted octanol–water partition coefficient (Wildman–Crippen LogP) is -0.890. The lowest BCUT2D eigenvalue weighted by Crippen LogP contribution is -2.61. The van der Waals surface area contributed by atoms with E-state index in [-0.39, 0.29) is 63.8 Å². The van der Waals surface area contributed by atoms with Gasteiger partial charge in [0.25, 0.3) is 11.8 Å². The van der Waals surface area contributed by atoms with Gasteiger partial charge in [-0.1, -0.05) is 0 Å². The number of alkyl halides is 2. The number of fused-ring (bicyclic) bond motifs is 1. The number of Topliss-reactive ketones (excluding diaryl/α,β-unsaturated/α-hetero) is 1. The fraction of sp³-hybridized carbons (Fsp3) is 0.622. The van der Waals surface area contributed by atoms with Gasteiger partial charge in [0.15, 0.2) is 11.9 Å². The fourth-order valence-electron chi connectivity index (χ4n) is 8.92. The molecule has 0 radical (unpaired) electrons.